The minimum atomic E-state index is -1.10. The van der Waals surface area contributed by atoms with Crippen molar-refractivity contribution in [1.29, 1.82) is 0 Å². The number of anilines is 1. The Balaban J connectivity index is 1.60. The van der Waals surface area contributed by atoms with E-state index in [0.717, 1.165) is 43.2 Å². The molecule has 5 nitrogen and oxygen atoms in total. The van der Waals surface area contributed by atoms with E-state index in [2.05, 4.69) is 16.8 Å². The van der Waals surface area contributed by atoms with Crippen LogP contribution in [0.5, 0.6) is 0 Å². The lowest BCUT2D eigenvalue weighted by molar-refractivity contribution is -0.155. The van der Waals surface area contributed by atoms with Gasteiger partial charge in [0, 0.05) is 31.1 Å². The second-order valence-electron chi connectivity index (χ2n) is 6.51. The van der Waals surface area contributed by atoms with Gasteiger partial charge in [-0.15, -0.1) is 11.3 Å². The number of amides is 1. The summed E-state index contributed by atoms with van der Waals surface area (Å²) in [5.41, 5.74) is -0.00979. The first-order valence-corrected chi connectivity index (χ1v) is 9.02. The van der Waals surface area contributed by atoms with Crippen molar-refractivity contribution in [2.45, 2.75) is 51.6 Å². The zero-order valence-electron chi connectivity index (χ0n) is 13.5. The lowest BCUT2D eigenvalue weighted by Crippen LogP contribution is -2.56. The van der Waals surface area contributed by atoms with Crippen LogP contribution in [0.1, 0.15) is 42.7 Å². The summed E-state index contributed by atoms with van der Waals surface area (Å²) in [6.07, 6.45) is 4.29. The van der Waals surface area contributed by atoms with E-state index in [4.69, 9.17) is 0 Å². The van der Waals surface area contributed by atoms with Crippen LogP contribution in [0.4, 0.5) is 5.13 Å². The molecule has 0 atom stereocenters. The van der Waals surface area contributed by atoms with Crippen molar-refractivity contribution in [3.8, 4) is 0 Å². The van der Waals surface area contributed by atoms with E-state index >= 15 is 0 Å². The summed E-state index contributed by atoms with van der Waals surface area (Å²) in [5, 5.41) is 11.7. The standard InChI is InChI=1S/C16H25N3O2S/c1-12-13(2)22-15(17-12)19-10-8-18(9-11-19)14(20)16(21)6-4-3-5-7-16/h21H,3-11H2,1-2H3. The Morgan fingerprint density at radius 3 is 2.32 bits per heavy atom. The molecular formula is C16H25N3O2S. The molecule has 22 heavy (non-hydrogen) atoms. The van der Waals surface area contributed by atoms with Gasteiger partial charge in [-0.05, 0) is 26.7 Å². The molecule has 1 saturated heterocycles. The third-order valence-electron chi connectivity index (χ3n) is 4.93. The molecule has 2 heterocycles. The predicted octanol–water partition coefficient (Wildman–Crippen LogP) is 2.10. The molecule has 1 saturated carbocycles. The van der Waals surface area contributed by atoms with Crippen molar-refractivity contribution in [2.24, 2.45) is 0 Å². The van der Waals surface area contributed by atoms with Gasteiger partial charge in [0.15, 0.2) is 5.13 Å². The van der Waals surface area contributed by atoms with Crippen molar-refractivity contribution < 1.29 is 9.90 Å². The summed E-state index contributed by atoms with van der Waals surface area (Å²) >= 11 is 1.72. The Kier molecular flexibility index (Phi) is 4.41. The largest absolute Gasteiger partial charge is 0.380 e. The second-order valence-corrected chi connectivity index (χ2v) is 7.69. The highest BCUT2D eigenvalue weighted by molar-refractivity contribution is 7.15. The number of carbonyl (C=O) groups excluding carboxylic acids is 1. The maximum atomic E-state index is 12.6. The SMILES string of the molecule is Cc1nc(N2CCN(C(=O)C3(O)CCCCC3)CC2)sc1C. The van der Waals surface area contributed by atoms with Crippen LogP contribution in [-0.4, -0.2) is 52.7 Å². The van der Waals surface area contributed by atoms with E-state index in [1.54, 1.807) is 11.3 Å². The topological polar surface area (TPSA) is 56.7 Å². The molecule has 1 aliphatic carbocycles. The van der Waals surface area contributed by atoms with E-state index in [0.29, 0.717) is 25.9 Å². The first-order chi connectivity index (χ1) is 10.5. The summed E-state index contributed by atoms with van der Waals surface area (Å²) in [7, 11) is 0. The fourth-order valence-electron chi connectivity index (χ4n) is 3.34. The van der Waals surface area contributed by atoms with Crippen molar-refractivity contribution in [1.82, 2.24) is 9.88 Å². The maximum Gasteiger partial charge on any atom is 0.254 e. The van der Waals surface area contributed by atoms with Crippen molar-refractivity contribution in [2.75, 3.05) is 31.1 Å². The molecule has 0 bridgehead atoms. The maximum absolute atomic E-state index is 12.6. The first kappa shape index (κ1) is 15.7. The number of rotatable bonds is 2. The van der Waals surface area contributed by atoms with Gasteiger partial charge >= 0.3 is 0 Å². The van der Waals surface area contributed by atoms with E-state index in [1.807, 2.05) is 11.8 Å². The number of hydrogen-bond donors (Lipinski definition) is 1. The lowest BCUT2D eigenvalue weighted by Gasteiger charge is -2.40. The molecule has 1 aliphatic heterocycles. The van der Waals surface area contributed by atoms with Crippen LogP contribution in [0.25, 0.3) is 0 Å². The van der Waals surface area contributed by atoms with Crippen molar-refractivity contribution in [3.63, 3.8) is 0 Å². The van der Waals surface area contributed by atoms with E-state index in [9.17, 15) is 9.90 Å². The molecule has 0 radical (unpaired) electrons. The number of aromatic nitrogens is 1. The number of carbonyl (C=O) groups is 1. The van der Waals surface area contributed by atoms with Gasteiger partial charge < -0.3 is 14.9 Å². The molecule has 122 valence electrons. The molecule has 0 unspecified atom stereocenters. The van der Waals surface area contributed by atoms with Gasteiger partial charge in [0.05, 0.1) is 5.69 Å². The number of hydrogen-bond acceptors (Lipinski definition) is 5. The average Bonchev–Trinajstić information content (AvgIpc) is 2.87. The van der Waals surface area contributed by atoms with Crippen LogP contribution in [-0.2, 0) is 4.79 Å². The van der Waals surface area contributed by atoms with Crippen LogP contribution in [0.2, 0.25) is 0 Å². The average molecular weight is 323 g/mol. The third-order valence-corrected chi connectivity index (χ3v) is 6.07. The fraction of sp³-hybridized carbons (Fsp3) is 0.750. The molecule has 6 heteroatoms. The van der Waals surface area contributed by atoms with Gasteiger partial charge in [-0.2, -0.15) is 0 Å². The Morgan fingerprint density at radius 1 is 1.14 bits per heavy atom. The smallest absolute Gasteiger partial charge is 0.254 e. The zero-order chi connectivity index (χ0) is 15.7. The number of aliphatic hydroxyl groups is 1. The van der Waals surface area contributed by atoms with Gasteiger partial charge in [0.25, 0.3) is 5.91 Å². The minimum absolute atomic E-state index is 0.0571. The molecule has 1 N–H and O–H groups in total. The normalized spacial score (nSPS) is 22.0. The highest BCUT2D eigenvalue weighted by Gasteiger charge is 2.40. The molecule has 1 aromatic rings. The quantitative estimate of drug-likeness (QED) is 0.905. The molecule has 0 spiro atoms. The number of aryl methyl sites for hydroxylation is 2. The van der Waals surface area contributed by atoms with Crippen LogP contribution >= 0.6 is 11.3 Å². The van der Waals surface area contributed by atoms with Gasteiger partial charge in [-0.25, -0.2) is 4.98 Å². The Morgan fingerprint density at radius 2 is 1.77 bits per heavy atom. The van der Waals surface area contributed by atoms with E-state index < -0.39 is 5.60 Å². The molecule has 2 fully saturated rings. The fourth-order valence-corrected chi connectivity index (χ4v) is 4.30. The summed E-state index contributed by atoms with van der Waals surface area (Å²) in [6, 6.07) is 0. The van der Waals surface area contributed by atoms with Gasteiger partial charge in [0.2, 0.25) is 0 Å². The number of nitrogens with zero attached hydrogens (tertiary/aromatic N) is 3. The van der Waals surface area contributed by atoms with Crippen LogP contribution in [0, 0.1) is 13.8 Å². The van der Waals surface area contributed by atoms with Gasteiger partial charge in [-0.3, -0.25) is 4.79 Å². The molecule has 3 rings (SSSR count). The summed E-state index contributed by atoms with van der Waals surface area (Å²) in [4.78, 5) is 22.6. The minimum Gasteiger partial charge on any atom is -0.380 e. The monoisotopic (exact) mass is 323 g/mol. The van der Waals surface area contributed by atoms with Crippen LogP contribution < -0.4 is 4.90 Å². The van der Waals surface area contributed by atoms with E-state index in [1.165, 1.54) is 4.88 Å². The third kappa shape index (κ3) is 2.99. The number of piperazine rings is 1. The van der Waals surface area contributed by atoms with Crippen LogP contribution in [0.3, 0.4) is 0 Å². The summed E-state index contributed by atoms with van der Waals surface area (Å²) < 4.78 is 0. The Bertz CT molecular complexity index is 524. The summed E-state index contributed by atoms with van der Waals surface area (Å²) in [5.74, 6) is -0.0571. The van der Waals surface area contributed by atoms with E-state index in [-0.39, 0.29) is 5.91 Å². The highest BCUT2D eigenvalue weighted by Crippen LogP contribution is 2.31. The summed E-state index contributed by atoms with van der Waals surface area (Å²) in [6.45, 7) is 7.09. The molecule has 0 aromatic carbocycles. The molecular weight excluding hydrogens is 298 g/mol. The molecule has 1 aromatic heterocycles. The van der Waals surface area contributed by atoms with Crippen molar-refractivity contribution in [3.05, 3.63) is 10.6 Å². The molecule has 2 aliphatic rings. The highest BCUT2D eigenvalue weighted by atomic mass is 32.1. The second kappa shape index (κ2) is 6.16. The molecule has 1 amide bonds. The lowest BCUT2D eigenvalue weighted by atomic mass is 9.83. The van der Waals surface area contributed by atoms with Gasteiger partial charge in [-0.1, -0.05) is 19.3 Å². The number of thiazole rings is 1. The van der Waals surface area contributed by atoms with Crippen LogP contribution in [0.15, 0.2) is 0 Å². The van der Waals surface area contributed by atoms with Gasteiger partial charge in [0.1, 0.15) is 5.60 Å². The Labute approximate surface area is 135 Å². The Hall–Kier alpha value is -1.14. The zero-order valence-corrected chi connectivity index (χ0v) is 14.3. The van der Waals surface area contributed by atoms with Crippen molar-refractivity contribution >= 4 is 22.4 Å². The first-order valence-electron chi connectivity index (χ1n) is 8.20. The predicted molar refractivity (Wildman–Crippen MR) is 88.4 cm³/mol.